The summed E-state index contributed by atoms with van der Waals surface area (Å²) >= 11 is 6.08. The summed E-state index contributed by atoms with van der Waals surface area (Å²) < 4.78 is 0. The standard InChI is InChI=1S/C16H19ClN2O/c1-11-13(10-16(20)19-7-3-2-4-8-19)14-9-12(17)5-6-15(14)18-11/h5-6,9,18H,2-4,7-8,10H2,1H3. The summed E-state index contributed by atoms with van der Waals surface area (Å²) in [6, 6.07) is 5.79. The van der Waals surface area contributed by atoms with Gasteiger partial charge in [0, 0.05) is 34.7 Å². The summed E-state index contributed by atoms with van der Waals surface area (Å²) in [5.41, 5.74) is 3.19. The number of aromatic amines is 1. The third kappa shape index (κ3) is 2.55. The Labute approximate surface area is 123 Å². The fraction of sp³-hybridized carbons (Fsp3) is 0.438. The molecule has 4 heteroatoms. The van der Waals surface area contributed by atoms with E-state index < -0.39 is 0 Å². The number of nitrogens with one attached hydrogen (secondary N) is 1. The average Bonchev–Trinajstić information content (AvgIpc) is 2.76. The third-order valence-corrected chi connectivity index (χ3v) is 4.35. The molecule has 0 radical (unpaired) electrons. The molecule has 0 spiro atoms. The van der Waals surface area contributed by atoms with E-state index in [2.05, 4.69) is 4.98 Å². The molecule has 0 unspecified atom stereocenters. The van der Waals surface area contributed by atoms with Crippen LogP contribution in [-0.4, -0.2) is 28.9 Å². The Kier molecular flexibility index (Phi) is 3.70. The lowest BCUT2D eigenvalue weighted by atomic mass is 10.1. The predicted octanol–water partition coefficient (Wildman–Crippen LogP) is 3.68. The van der Waals surface area contributed by atoms with E-state index in [9.17, 15) is 4.79 Å². The van der Waals surface area contributed by atoms with Crippen LogP contribution in [0.5, 0.6) is 0 Å². The molecular formula is C16H19ClN2O. The second-order valence-corrected chi connectivity index (χ2v) is 5.97. The lowest BCUT2D eigenvalue weighted by Gasteiger charge is -2.26. The minimum atomic E-state index is 0.230. The van der Waals surface area contributed by atoms with Crippen LogP contribution in [0.2, 0.25) is 5.02 Å². The molecule has 2 heterocycles. The smallest absolute Gasteiger partial charge is 0.227 e. The van der Waals surface area contributed by atoms with Gasteiger partial charge in [-0.25, -0.2) is 0 Å². The highest BCUT2D eigenvalue weighted by atomic mass is 35.5. The number of carbonyl (C=O) groups excluding carboxylic acids is 1. The van der Waals surface area contributed by atoms with Crippen molar-refractivity contribution in [2.24, 2.45) is 0 Å². The number of halogens is 1. The fourth-order valence-electron chi connectivity index (χ4n) is 2.99. The number of amides is 1. The third-order valence-electron chi connectivity index (χ3n) is 4.12. The predicted molar refractivity (Wildman–Crippen MR) is 82.2 cm³/mol. The van der Waals surface area contributed by atoms with Crippen molar-refractivity contribution in [3.63, 3.8) is 0 Å². The molecule has 0 bridgehead atoms. The molecule has 0 saturated carbocycles. The summed E-state index contributed by atoms with van der Waals surface area (Å²) in [6.45, 7) is 3.83. The number of H-pyrrole nitrogens is 1. The van der Waals surface area contributed by atoms with Crippen LogP contribution in [0.25, 0.3) is 10.9 Å². The summed E-state index contributed by atoms with van der Waals surface area (Å²) in [7, 11) is 0. The number of likely N-dealkylation sites (tertiary alicyclic amines) is 1. The van der Waals surface area contributed by atoms with Gasteiger partial charge in [-0.05, 0) is 49.9 Å². The van der Waals surface area contributed by atoms with Crippen molar-refractivity contribution in [3.8, 4) is 0 Å². The normalized spacial score (nSPS) is 15.8. The highest BCUT2D eigenvalue weighted by Crippen LogP contribution is 2.26. The summed E-state index contributed by atoms with van der Waals surface area (Å²) in [5, 5.41) is 1.78. The maximum absolute atomic E-state index is 12.4. The number of piperidine rings is 1. The van der Waals surface area contributed by atoms with Crippen LogP contribution in [0.15, 0.2) is 18.2 Å². The van der Waals surface area contributed by atoms with Crippen molar-refractivity contribution in [2.75, 3.05) is 13.1 Å². The Hall–Kier alpha value is -1.48. The molecular weight excluding hydrogens is 272 g/mol. The van der Waals surface area contributed by atoms with Crippen LogP contribution in [0, 0.1) is 6.92 Å². The molecule has 1 aromatic carbocycles. The first-order chi connectivity index (χ1) is 9.65. The zero-order chi connectivity index (χ0) is 14.1. The number of aromatic nitrogens is 1. The zero-order valence-corrected chi connectivity index (χ0v) is 12.5. The van der Waals surface area contributed by atoms with Crippen LogP contribution in [-0.2, 0) is 11.2 Å². The van der Waals surface area contributed by atoms with E-state index in [0.29, 0.717) is 11.4 Å². The Morgan fingerprint density at radius 1 is 1.30 bits per heavy atom. The second-order valence-electron chi connectivity index (χ2n) is 5.54. The molecule has 0 aliphatic carbocycles. The number of nitrogens with zero attached hydrogens (tertiary/aromatic N) is 1. The quantitative estimate of drug-likeness (QED) is 0.900. The van der Waals surface area contributed by atoms with E-state index in [1.54, 1.807) is 0 Å². The van der Waals surface area contributed by atoms with Gasteiger partial charge in [-0.1, -0.05) is 11.6 Å². The van der Waals surface area contributed by atoms with Crippen molar-refractivity contribution < 1.29 is 4.79 Å². The van der Waals surface area contributed by atoms with Crippen molar-refractivity contribution in [1.29, 1.82) is 0 Å². The van der Waals surface area contributed by atoms with Gasteiger partial charge in [0.2, 0.25) is 5.91 Å². The van der Waals surface area contributed by atoms with Gasteiger partial charge in [0.15, 0.2) is 0 Å². The minimum Gasteiger partial charge on any atom is -0.358 e. The largest absolute Gasteiger partial charge is 0.358 e. The van der Waals surface area contributed by atoms with Gasteiger partial charge >= 0.3 is 0 Å². The van der Waals surface area contributed by atoms with Crippen LogP contribution in [0.3, 0.4) is 0 Å². The van der Waals surface area contributed by atoms with Crippen LogP contribution >= 0.6 is 11.6 Å². The van der Waals surface area contributed by atoms with Crippen LogP contribution in [0.4, 0.5) is 0 Å². The number of aryl methyl sites for hydroxylation is 1. The molecule has 3 nitrogen and oxygen atoms in total. The maximum atomic E-state index is 12.4. The molecule has 1 amide bonds. The molecule has 0 atom stereocenters. The minimum absolute atomic E-state index is 0.230. The highest BCUT2D eigenvalue weighted by Gasteiger charge is 2.19. The highest BCUT2D eigenvalue weighted by molar-refractivity contribution is 6.31. The van der Waals surface area contributed by atoms with Gasteiger partial charge in [-0.3, -0.25) is 4.79 Å². The van der Waals surface area contributed by atoms with Gasteiger partial charge in [0.05, 0.1) is 6.42 Å². The van der Waals surface area contributed by atoms with Gasteiger partial charge in [-0.2, -0.15) is 0 Å². The lowest BCUT2D eigenvalue weighted by molar-refractivity contribution is -0.131. The van der Waals surface area contributed by atoms with E-state index in [-0.39, 0.29) is 5.91 Å². The van der Waals surface area contributed by atoms with E-state index in [4.69, 9.17) is 11.6 Å². The number of benzene rings is 1. The molecule has 1 aromatic heterocycles. The van der Waals surface area contributed by atoms with Crippen molar-refractivity contribution >= 4 is 28.4 Å². The van der Waals surface area contributed by atoms with Crippen molar-refractivity contribution in [2.45, 2.75) is 32.6 Å². The van der Waals surface area contributed by atoms with E-state index in [0.717, 1.165) is 48.1 Å². The summed E-state index contributed by atoms with van der Waals surface area (Å²) in [4.78, 5) is 17.8. The van der Waals surface area contributed by atoms with Crippen molar-refractivity contribution in [3.05, 3.63) is 34.5 Å². The average molecular weight is 291 g/mol. The fourth-order valence-corrected chi connectivity index (χ4v) is 3.16. The van der Waals surface area contributed by atoms with Crippen LogP contribution in [0.1, 0.15) is 30.5 Å². The van der Waals surface area contributed by atoms with Crippen molar-refractivity contribution in [1.82, 2.24) is 9.88 Å². The first kappa shape index (κ1) is 13.5. The van der Waals surface area contributed by atoms with Gasteiger partial charge in [-0.15, -0.1) is 0 Å². The zero-order valence-electron chi connectivity index (χ0n) is 11.7. The van der Waals surface area contributed by atoms with E-state index in [1.165, 1.54) is 6.42 Å². The summed E-state index contributed by atoms with van der Waals surface area (Å²) in [6.07, 6.45) is 3.96. The Bertz CT molecular complexity index is 641. The maximum Gasteiger partial charge on any atom is 0.227 e. The SMILES string of the molecule is Cc1[nH]c2ccc(Cl)cc2c1CC(=O)N1CCCCC1. The topological polar surface area (TPSA) is 36.1 Å². The number of rotatable bonds is 2. The Morgan fingerprint density at radius 2 is 2.05 bits per heavy atom. The van der Waals surface area contributed by atoms with Gasteiger partial charge < -0.3 is 9.88 Å². The summed E-state index contributed by atoms with van der Waals surface area (Å²) in [5.74, 6) is 0.230. The molecule has 1 fully saturated rings. The second kappa shape index (κ2) is 5.49. The van der Waals surface area contributed by atoms with Gasteiger partial charge in [0.1, 0.15) is 0 Å². The number of hydrogen-bond acceptors (Lipinski definition) is 1. The molecule has 106 valence electrons. The van der Waals surface area contributed by atoms with Gasteiger partial charge in [0.25, 0.3) is 0 Å². The molecule has 1 N–H and O–H groups in total. The first-order valence-electron chi connectivity index (χ1n) is 7.19. The number of hydrogen-bond donors (Lipinski definition) is 1. The first-order valence-corrected chi connectivity index (χ1v) is 7.57. The Balaban J connectivity index is 1.88. The molecule has 1 aliphatic heterocycles. The monoisotopic (exact) mass is 290 g/mol. The van der Waals surface area contributed by atoms with E-state index in [1.807, 2.05) is 30.0 Å². The Morgan fingerprint density at radius 3 is 2.80 bits per heavy atom. The molecule has 1 saturated heterocycles. The molecule has 20 heavy (non-hydrogen) atoms. The molecule has 3 rings (SSSR count). The lowest BCUT2D eigenvalue weighted by Crippen LogP contribution is -2.36. The number of carbonyl (C=O) groups is 1. The molecule has 2 aromatic rings. The van der Waals surface area contributed by atoms with E-state index >= 15 is 0 Å². The number of fused-ring (bicyclic) bond motifs is 1. The van der Waals surface area contributed by atoms with Crippen LogP contribution < -0.4 is 0 Å². The molecule has 1 aliphatic rings.